The SMILES string of the molecule is [C-]#[N+]c1cnc2ccc(-c3cccnc3-c3cccc(C(C)C)n3)cn12. The lowest BCUT2D eigenvalue weighted by molar-refractivity contribution is 0.824. The van der Waals surface area contributed by atoms with Crippen molar-refractivity contribution in [2.75, 3.05) is 0 Å². The summed E-state index contributed by atoms with van der Waals surface area (Å²) in [5.74, 6) is 0.845. The first-order chi connectivity index (χ1) is 12.7. The van der Waals surface area contributed by atoms with Gasteiger partial charge < -0.3 is 4.85 Å². The van der Waals surface area contributed by atoms with E-state index in [1.54, 1.807) is 16.8 Å². The Morgan fingerprint density at radius 3 is 2.73 bits per heavy atom. The van der Waals surface area contributed by atoms with E-state index in [2.05, 4.69) is 28.7 Å². The van der Waals surface area contributed by atoms with Gasteiger partial charge in [0.1, 0.15) is 0 Å². The molecule has 0 spiro atoms. The van der Waals surface area contributed by atoms with Gasteiger partial charge in [-0.1, -0.05) is 32.6 Å². The summed E-state index contributed by atoms with van der Waals surface area (Å²) in [6.07, 6.45) is 5.30. The molecule has 0 unspecified atom stereocenters. The predicted octanol–water partition coefficient (Wildman–Crippen LogP) is 5.13. The second kappa shape index (κ2) is 6.41. The third-order valence-electron chi connectivity index (χ3n) is 4.32. The number of fused-ring (bicyclic) bond motifs is 1. The lowest BCUT2D eigenvalue weighted by Crippen LogP contribution is -1.97. The van der Waals surface area contributed by atoms with E-state index in [4.69, 9.17) is 11.6 Å². The van der Waals surface area contributed by atoms with Gasteiger partial charge in [-0.15, -0.1) is 0 Å². The van der Waals surface area contributed by atoms with Crippen LogP contribution in [-0.4, -0.2) is 19.4 Å². The summed E-state index contributed by atoms with van der Waals surface area (Å²) >= 11 is 0. The van der Waals surface area contributed by atoms with Gasteiger partial charge in [-0.2, -0.15) is 0 Å². The number of pyridine rings is 3. The van der Waals surface area contributed by atoms with Crippen LogP contribution in [0.1, 0.15) is 25.5 Å². The number of hydrogen-bond donors (Lipinski definition) is 0. The minimum atomic E-state index is 0.352. The molecule has 0 N–H and O–H groups in total. The standard InChI is InChI=1S/C21H17N5/c1-14(2)17-7-4-8-18(25-17)21-16(6-5-11-23-21)15-9-10-19-24-12-20(22-3)26(19)13-15/h4-14H,1-2H3. The lowest BCUT2D eigenvalue weighted by atomic mass is 10.0. The first-order valence-electron chi connectivity index (χ1n) is 8.44. The van der Waals surface area contributed by atoms with Crippen molar-refractivity contribution in [1.82, 2.24) is 19.4 Å². The van der Waals surface area contributed by atoms with E-state index in [0.717, 1.165) is 33.9 Å². The number of aromatic nitrogens is 4. The largest absolute Gasteiger partial charge is 0.362 e. The number of nitrogens with zero attached hydrogens (tertiary/aromatic N) is 5. The van der Waals surface area contributed by atoms with Crippen LogP contribution in [-0.2, 0) is 0 Å². The van der Waals surface area contributed by atoms with Crippen molar-refractivity contribution in [2.45, 2.75) is 19.8 Å². The van der Waals surface area contributed by atoms with Gasteiger partial charge in [0.15, 0.2) is 0 Å². The van der Waals surface area contributed by atoms with E-state index in [1.807, 2.05) is 48.7 Å². The average molecular weight is 339 g/mol. The lowest BCUT2D eigenvalue weighted by Gasteiger charge is -2.10. The summed E-state index contributed by atoms with van der Waals surface area (Å²) in [7, 11) is 0. The van der Waals surface area contributed by atoms with Crippen molar-refractivity contribution in [2.24, 2.45) is 0 Å². The molecule has 4 aromatic heterocycles. The van der Waals surface area contributed by atoms with Gasteiger partial charge in [-0.3, -0.25) is 9.97 Å². The quantitative estimate of drug-likeness (QED) is 0.486. The zero-order valence-corrected chi connectivity index (χ0v) is 14.6. The van der Waals surface area contributed by atoms with Gasteiger partial charge in [-0.05, 0) is 30.2 Å². The topological polar surface area (TPSA) is 47.4 Å². The molecule has 0 saturated heterocycles. The molecule has 0 saturated carbocycles. The Labute approximate surface area is 151 Å². The number of hydrogen-bond acceptors (Lipinski definition) is 3. The molecule has 126 valence electrons. The van der Waals surface area contributed by atoms with Crippen LogP contribution in [0.2, 0.25) is 0 Å². The fourth-order valence-corrected chi connectivity index (χ4v) is 2.96. The molecule has 5 heteroatoms. The average Bonchev–Trinajstić information content (AvgIpc) is 3.10. The molecule has 0 aromatic carbocycles. The molecule has 0 aliphatic carbocycles. The highest BCUT2D eigenvalue weighted by molar-refractivity contribution is 5.79. The molecule has 0 aliphatic heterocycles. The van der Waals surface area contributed by atoms with Crippen molar-refractivity contribution in [3.63, 3.8) is 0 Å². The molecule has 4 rings (SSSR count). The molecule has 4 heterocycles. The van der Waals surface area contributed by atoms with Crippen molar-refractivity contribution >= 4 is 11.5 Å². The maximum Gasteiger partial charge on any atom is 0.254 e. The first kappa shape index (κ1) is 16.0. The Balaban J connectivity index is 1.89. The maximum absolute atomic E-state index is 7.30. The molecule has 0 bridgehead atoms. The summed E-state index contributed by atoms with van der Waals surface area (Å²) in [6.45, 7) is 11.6. The Hall–Kier alpha value is -3.52. The van der Waals surface area contributed by atoms with Crippen molar-refractivity contribution in [3.8, 4) is 22.5 Å². The van der Waals surface area contributed by atoms with Gasteiger partial charge in [-0.25, -0.2) is 9.38 Å². The summed E-state index contributed by atoms with van der Waals surface area (Å²) in [5, 5.41) is 0. The van der Waals surface area contributed by atoms with Crippen LogP contribution in [0.4, 0.5) is 5.82 Å². The molecular formula is C21H17N5. The molecule has 0 radical (unpaired) electrons. The Kier molecular flexibility index (Phi) is 3.94. The van der Waals surface area contributed by atoms with Crippen LogP contribution in [0, 0.1) is 6.57 Å². The van der Waals surface area contributed by atoms with Crippen LogP contribution < -0.4 is 0 Å². The summed E-state index contributed by atoms with van der Waals surface area (Å²) in [4.78, 5) is 17.2. The Bertz CT molecular complexity index is 1130. The van der Waals surface area contributed by atoms with Gasteiger partial charge in [0, 0.05) is 29.1 Å². The molecule has 0 atom stereocenters. The number of rotatable bonds is 3. The van der Waals surface area contributed by atoms with Gasteiger partial charge in [0.2, 0.25) is 5.65 Å². The minimum Gasteiger partial charge on any atom is -0.362 e. The molecule has 0 aliphatic rings. The normalized spacial score (nSPS) is 11.0. The second-order valence-corrected chi connectivity index (χ2v) is 6.38. The third-order valence-corrected chi connectivity index (χ3v) is 4.32. The smallest absolute Gasteiger partial charge is 0.254 e. The Morgan fingerprint density at radius 2 is 1.92 bits per heavy atom. The van der Waals surface area contributed by atoms with Crippen LogP contribution in [0.3, 0.4) is 0 Å². The van der Waals surface area contributed by atoms with E-state index in [-0.39, 0.29) is 0 Å². The van der Waals surface area contributed by atoms with Crippen LogP contribution in [0.5, 0.6) is 0 Å². The van der Waals surface area contributed by atoms with E-state index < -0.39 is 0 Å². The fourth-order valence-electron chi connectivity index (χ4n) is 2.96. The highest BCUT2D eigenvalue weighted by Gasteiger charge is 2.14. The summed E-state index contributed by atoms with van der Waals surface area (Å²) in [6, 6.07) is 13.9. The second-order valence-electron chi connectivity index (χ2n) is 6.38. The van der Waals surface area contributed by atoms with Crippen LogP contribution in [0.15, 0.2) is 61.1 Å². The van der Waals surface area contributed by atoms with Crippen LogP contribution in [0.25, 0.3) is 33.0 Å². The first-order valence-corrected chi connectivity index (χ1v) is 8.44. The summed E-state index contributed by atoms with van der Waals surface area (Å²) in [5.41, 5.74) is 5.43. The van der Waals surface area contributed by atoms with E-state index in [0.29, 0.717) is 11.7 Å². The highest BCUT2D eigenvalue weighted by Crippen LogP contribution is 2.31. The van der Waals surface area contributed by atoms with E-state index in [9.17, 15) is 0 Å². The zero-order chi connectivity index (χ0) is 18.1. The Morgan fingerprint density at radius 1 is 1.04 bits per heavy atom. The molecule has 4 aromatic rings. The third kappa shape index (κ3) is 2.72. The maximum atomic E-state index is 7.30. The van der Waals surface area contributed by atoms with E-state index >= 15 is 0 Å². The minimum absolute atomic E-state index is 0.352. The summed E-state index contributed by atoms with van der Waals surface area (Å²) < 4.78 is 1.80. The fraction of sp³-hybridized carbons (Fsp3) is 0.143. The molecule has 5 nitrogen and oxygen atoms in total. The van der Waals surface area contributed by atoms with Gasteiger partial charge >= 0.3 is 0 Å². The zero-order valence-electron chi connectivity index (χ0n) is 14.6. The van der Waals surface area contributed by atoms with Crippen molar-refractivity contribution in [1.29, 1.82) is 0 Å². The monoisotopic (exact) mass is 339 g/mol. The molecular weight excluding hydrogens is 322 g/mol. The van der Waals surface area contributed by atoms with Crippen LogP contribution >= 0.6 is 0 Å². The van der Waals surface area contributed by atoms with Crippen molar-refractivity contribution < 1.29 is 0 Å². The van der Waals surface area contributed by atoms with Gasteiger partial charge in [0.25, 0.3) is 5.82 Å². The number of imidazole rings is 1. The molecule has 0 fully saturated rings. The molecule has 26 heavy (non-hydrogen) atoms. The highest BCUT2D eigenvalue weighted by atomic mass is 15.1. The van der Waals surface area contributed by atoms with Crippen molar-refractivity contribution in [3.05, 3.63) is 78.2 Å². The predicted molar refractivity (Wildman–Crippen MR) is 102 cm³/mol. The van der Waals surface area contributed by atoms with E-state index in [1.165, 1.54) is 0 Å². The molecule has 0 amide bonds. The van der Waals surface area contributed by atoms with Gasteiger partial charge in [0.05, 0.1) is 23.8 Å².